The summed E-state index contributed by atoms with van der Waals surface area (Å²) in [7, 11) is 0. The van der Waals surface area contributed by atoms with Crippen LogP contribution in [0.4, 0.5) is 18.9 Å². The van der Waals surface area contributed by atoms with Gasteiger partial charge in [-0.2, -0.15) is 0 Å². The first kappa shape index (κ1) is 29.6. The molecule has 0 aromatic heterocycles. The Kier molecular flexibility index (Phi) is 11.1. The summed E-state index contributed by atoms with van der Waals surface area (Å²) in [5.41, 5.74) is 0.0821. The van der Waals surface area contributed by atoms with E-state index in [0.717, 1.165) is 36.3 Å². The number of para-hydroxylation sites is 1. The van der Waals surface area contributed by atoms with Crippen molar-refractivity contribution < 1.29 is 22.8 Å². The number of halogens is 4. The first-order valence-corrected chi connectivity index (χ1v) is 13.6. The maximum absolute atomic E-state index is 13.5. The van der Waals surface area contributed by atoms with E-state index in [1.54, 1.807) is 23.9 Å². The third-order valence-electron chi connectivity index (χ3n) is 5.96. The van der Waals surface area contributed by atoms with Crippen molar-refractivity contribution in [3.05, 3.63) is 88.7 Å². The normalized spacial score (nSPS) is 13.8. The van der Waals surface area contributed by atoms with E-state index in [2.05, 4.69) is 31.2 Å². The number of oxime groups is 1. The monoisotopic (exact) mass is 562 g/mol. The van der Waals surface area contributed by atoms with Crippen LogP contribution in [-0.2, 0) is 0 Å². The summed E-state index contributed by atoms with van der Waals surface area (Å²) in [6.45, 7) is 6.36. The second-order valence-corrected chi connectivity index (χ2v) is 10.9. The fourth-order valence-corrected chi connectivity index (χ4v) is 5.46. The summed E-state index contributed by atoms with van der Waals surface area (Å²) < 4.78 is 40.3. The third kappa shape index (κ3) is 8.53. The molecule has 0 spiro atoms. The molecule has 0 bridgehead atoms. The predicted octanol–water partition coefficient (Wildman–Crippen LogP) is 9.00. The van der Waals surface area contributed by atoms with Crippen LogP contribution in [0.2, 0.25) is 5.02 Å². The molecule has 0 fully saturated rings. The van der Waals surface area contributed by atoms with Gasteiger partial charge in [-0.15, -0.1) is 11.8 Å². The number of nitrogens with one attached hydrogen (secondary N) is 1. The summed E-state index contributed by atoms with van der Waals surface area (Å²) in [4.78, 5) is 18.9. The highest BCUT2D eigenvalue weighted by atomic mass is 35.5. The highest BCUT2D eigenvalue weighted by Crippen LogP contribution is 2.37. The average molecular weight is 563 g/mol. The third-order valence-corrected chi connectivity index (χ3v) is 7.75. The van der Waals surface area contributed by atoms with Gasteiger partial charge in [0, 0.05) is 39.7 Å². The van der Waals surface area contributed by atoms with Gasteiger partial charge in [-0.05, 0) is 55.0 Å². The lowest BCUT2D eigenvalue weighted by molar-refractivity contribution is 0.102. The Labute approximate surface area is 230 Å². The Hall–Kier alpha value is -2.97. The Balaban J connectivity index is 1.65. The van der Waals surface area contributed by atoms with Gasteiger partial charge in [0.1, 0.15) is 0 Å². The highest BCUT2D eigenvalue weighted by molar-refractivity contribution is 8.00. The number of nitrogens with zero attached hydrogens (tertiary/aromatic N) is 1. The van der Waals surface area contributed by atoms with Gasteiger partial charge in [0.05, 0.1) is 5.02 Å². The van der Waals surface area contributed by atoms with Crippen molar-refractivity contribution in [1.29, 1.82) is 0 Å². The number of thioether (sulfide) groups is 1. The fourth-order valence-electron chi connectivity index (χ4n) is 3.99. The van der Waals surface area contributed by atoms with Crippen molar-refractivity contribution in [3.8, 4) is 5.75 Å². The lowest BCUT2D eigenvalue weighted by Crippen LogP contribution is -2.18. The minimum absolute atomic E-state index is 0.178. The van der Waals surface area contributed by atoms with Gasteiger partial charge in [0.25, 0.3) is 5.91 Å². The summed E-state index contributed by atoms with van der Waals surface area (Å²) in [6, 6.07) is 15.6. The van der Waals surface area contributed by atoms with Crippen LogP contribution in [0.3, 0.4) is 0 Å². The zero-order valence-electron chi connectivity index (χ0n) is 21.4. The van der Waals surface area contributed by atoms with E-state index in [1.807, 2.05) is 36.5 Å². The molecule has 3 rings (SSSR count). The van der Waals surface area contributed by atoms with Crippen LogP contribution in [0.1, 0.15) is 50.4 Å². The van der Waals surface area contributed by atoms with E-state index in [-0.39, 0.29) is 22.4 Å². The van der Waals surface area contributed by atoms with E-state index < -0.39 is 23.4 Å². The van der Waals surface area contributed by atoms with E-state index in [1.165, 1.54) is 6.07 Å². The number of hydrogen-bond donors (Lipinski definition) is 1. The molecule has 0 aliphatic rings. The molecule has 9 heteroatoms. The molecule has 4 nitrogen and oxygen atoms in total. The van der Waals surface area contributed by atoms with Gasteiger partial charge < -0.3 is 10.2 Å². The van der Waals surface area contributed by atoms with Gasteiger partial charge in [-0.25, -0.2) is 13.2 Å². The van der Waals surface area contributed by atoms with Crippen LogP contribution in [0, 0.1) is 29.3 Å². The maximum Gasteiger partial charge on any atom is 0.255 e. The average Bonchev–Trinajstić information content (AvgIpc) is 2.88. The Morgan fingerprint density at radius 2 is 1.76 bits per heavy atom. The van der Waals surface area contributed by atoms with Crippen LogP contribution in [0.5, 0.6) is 5.75 Å². The second kappa shape index (κ2) is 14.3. The first-order chi connectivity index (χ1) is 18.2. The van der Waals surface area contributed by atoms with Crippen LogP contribution < -0.4 is 10.2 Å². The largest absolute Gasteiger partial charge is 0.357 e. The number of carbonyl (C=O) groups excluding carboxylic acids is 1. The molecule has 0 heterocycles. The van der Waals surface area contributed by atoms with E-state index in [9.17, 15) is 18.0 Å². The molecule has 0 saturated heterocycles. The lowest BCUT2D eigenvalue weighted by Gasteiger charge is -2.25. The maximum atomic E-state index is 13.5. The van der Waals surface area contributed by atoms with E-state index in [4.69, 9.17) is 16.4 Å². The van der Waals surface area contributed by atoms with Crippen LogP contribution in [0.15, 0.2) is 70.7 Å². The van der Waals surface area contributed by atoms with E-state index in [0.29, 0.717) is 16.7 Å². The smallest absolute Gasteiger partial charge is 0.255 e. The standard InChI is InChI=1S/C29H30ClF3N2O2S/c1-4-8-20(13-18(2)17-34-37-23-9-6-5-7-10-23)19(3)38-27-14-21(11-12-24(27)30)29(36)35-22-15-25(31)28(33)26(32)16-22/h5-7,9-12,14-20H,4,8,13H2,1-3H3,(H,35,36)/b34-17+. The van der Waals surface area contributed by atoms with Gasteiger partial charge in [-0.1, -0.05) is 62.1 Å². The van der Waals surface area contributed by atoms with Gasteiger partial charge >= 0.3 is 0 Å². The second-order valence-electron chi connectivity index (χ2n) is 9.10. The summed E-state index contributed by atoms with van der Waals surface area (Å²) in [5.74, 6) is -3.73. The first-order valence-electron chi connectivity index (χ1n) is 12.4. The molecule has 0 saturated carbocycles. The molecule has 0 aliphatic carbocycles. The SMILES string of the molecule is CCCC(CC(C)/C=N/Oc1ccccc1)C(C)Sc1cc(C(=O)Nc2cc(F)c(F)c(F)c2)ccc1Cl. The molecule has 3 unspecified atom stereocenters. The molecule has 1 amide bonds. The molecule has 1 N–H and O–H groups in total. The van der Waals surface area contributed by atoms with Crippen molar-refractivity contribution in [1.82, 2.24) is 0 Å². The lowest BCUT2D eigenvalue weighted by atomic mass is 9.90. The fraction of sp³-hybridized carbons (Fsp3) is 0.310. The predicted molar refractivity (Wildman–Crippen MR) is 149 cm³/mol. The highest BCUT2D eigenvalue weighted by Gasteiger charge is 2.22. The Morgan fingerprint density at radius 1 is 1.08 bits per heavy atom. The molecule has 3 aromatic carbocycles. The molecular weight excluding hydrogens is 533 g/mol. The Morgan fingerprint density at radius 3 is 2.42 bits per heavy atom. The number of rotatable bonds is 12. The van der Waals surface area contributed by atoms with Crippen molar-refractivity contribution in [3.63, 3.8) is 0 Å². The molecule has 202 valence electrons. The number of carbonyl (C=O) groups is 1. The molecular formula is C29H30ClF3N2O2S. The van der Waals surface area contributed by atoms with Gasteiger partial charge in [0.2, 0.25) is 0 Å². The van der Waals surface area contributed by atoms with Crippen molar-refractivity contribution in [2.75, 3.05) is 5.32 Å². The van der Waals surface area contributed by atoms with Crippen LogP contribution in [0.25, 0.3) is 0 Å². The molecule has 0 aliphatic heterocycles. The van der Waals surface area contributed by atoms with E-state index >= 15 is 0 Å². The van der Waals surface area contributed by atoms with Crippen LogP contribution in [-0.4, -0.2) is 17.4 Å². The quantitative estimate of drug-likeness (QED) is 0.104. The summed E-state index contributed by atoms with van der Waals surface area (Å²) in [5, 5.41) is 7.21. The number of hydrogen-bond acceptors (Lipinski definition) is 4. The molecule has 3 atom stereocenters. The minimum atomic E-state index is -1.59. The molecule has 0 radical (unpaired) electrons. The molecule has 3 aromatic rings. The van der Waals surface area contributed by atoms with Crippen LogP contribution >= 0.6 is 23.4 Å². The Bertz CT molecular complexity index is 1240. The number of benzene rings is 3. The number of anilines is 1. The number of amides is 1. The zero-order valence-corrected chi connectivity index (χ0v) is 23.0. The summed E-state index contributed by atoms with van der Waals surface area (Å²) in [6.07, 6.45) is 4.72. The van der Waals surface area contributed by atoms with Crippen molar-refractivity contribution >= 4 is 41.2 Å². The van der Waals surface area contributed by atoms with Crippen molar-refractivity contribution in [2.24, 2.45) is 17.0 Å². The zero-order chi connectivity index (χ0) is 27.7. The summed E-state index contributed by atoms with van der Waals surface area (Å²) >= 11 is 8.02. The topological polar surface area (TPSA) is 50.7 Å². The molecule has 38 heavy (non-hydrogen) atoms. The minimum Gasteiger partial charge on any atom is -0.357 e. The van der Waals surface area contributed by atoms with Crippen molar-refractivity contribution in [2.45, 2.75) is 50.2 Å². The van der Waals surface area contributed by atoms with Gasteiger partial charge in [0.15, 0.2) is 23.2 Å². The van der Waals surface area contributed by atoms with Gasteiger partial charge in [-0.3, -0.25) is 4.79 Å².